The number of esters is 1. The van der Waals surface area contributed by atoms with Crippen molar-refractivity contribution < 1.29 is 28.7 Å². The van der Waals surface area contributed by atoms with E-state index < -0.39 is 46.1 Å². The van der Waals surface area contributed by atoms with Gasteiger partial charge < -0.3 is 14.8 Å². The van der Waals surface area contributed by atoms with Crippen LogP contribution in [0.2, 0.25) is 0 Å². The molecule has 3 N–H and O–H groups in total. The summed E-state index contributed by atoms with van der Waals surface area (Å²) >= 11 is 0. The fourth-order valence-corrected chi connectivity index (χ4v) is 3.69. The van der Waals surface area contributed by atoms with Crippen LogP contribution in [-0.2, 0) is 26.2 Å². The number of alkyl carbamates (subject to hydrolysis) is 1. The zero-order valence-electron chi connectivity index (χ0n) is 23.1. The lowest BCUT2D eigenvalue weighted by Crippen LogP contribution is -2.62. The molecule has 1 atom stereocenters. The van der Waals surface area contributed by atoms with E-state index in [0.29, 0.717) is 0 Å². The second-order valence-corrected chi connectivity index (χ2v) is 11.0. The van der Waals surface area contributed by atoms with E-state index in [-0.39, 0.29) is 17.7 Å². The van der Waals surface area contributed by atoms with Crippen LogP contribution in [0.1, 0.15) is 74.9 Å². The van der Waals surface area contributed by atoms with Crippen molar-refractivity contribution in [3.8, 4) is 0 Å². The van der Waals surface area contributed by atoms with E-state index in [1.807, 2.05) is 6.07 Å². The summed E-state index contributed by atoms with van der Waals surface area (Å²) in [5, 5.41) is 2.60. The van der Waals surface area contributed by atoms with Crippen LogP contribution in [-0.4, -0.2) is 46.7 Å². The van der Waals surface area contributed by atoms with Crippen molar-refractivity contribution in [1.82, 2.24) is 20.7 Å². The third kappa shape index (κ3) is 7.92. The summed E-state index contributed by atoms with van der Waals surface area (Å²) in [7, 11) is 1.16. The third-order valence-electron chi connectivity index (χ3n) is 5.33. The Kier molecular flexibility index (Phi) is 9.10. The van der Waals surface area contributed by atoms with Crippen molar-refractivity contribution in [2.45, 2.75) is 71.6 Å². The lowest BCUT2D eigenvalue weighted by Gasteiger charge is -2.31. The number of methoxy groups -OCH3 is 1. The van der Waals surface area contributed by atoms with Gasteiger partial charge >= 0.3 is 12.1 Å². The van der Waals surface area contributed by atoms with Gasteiger partial charge in [-0.1, -0.05) is 30.3 Å². The van der Waals surface area contributed by atoms with Crippen molar-refractivity contribution in [2.24, 2.45) is 0 Å². The Morgan fingerprint density at radius 3 is 2.03 bits per heavy atom. The molecule has 11 heteroatoms. The fraction of sp³-hybridized carbons (Fsp3) is 0.444. The fourth-order valence-electron chi connectivity index (χ4n) is 3.69. The molecule has 2 aromatic rings. The Morgan fingerprint density at radius 1 is 0.895 bits per heavy atom. The summed E-state index contributed by atoms with van der Waals surface area (Å²) in [6.45, 7) is 11.7. The van der Waals surface area contributed by atoms with Crippen molar-refractivity contribution >= 4 is 23.9 Å². The van der Waals surface area contributed by atoms with Gasteiger partial charge in [-0.15, -0.1) is 0 Å². The summed E-state index contributed by atoms with van der Waals surface area (Å²) in [5.74, 6) is -2.39. The first-order valence-corrected chi connectivity index (χ1v) is 12.0. The van der Waals surface area contributed by atoms with Crippen molar-refractivity contribution in [3.63, 3.8) is 0 Å². The van der Waals surface area contributed by atoms with Gasteiger partial charge in [-0.25, -0.2) is 9.59 Å². The summed E-state index contributed by atoms with van der Waals surface area (Å²) in [6.07, 6.45) is -0.732. The van der Waals surface area contributed by atoms with Gasteiger partial charge in [-0.05, 0) is 60.1 Å². The summed E-state index contributed by atoms with van der Waals surface area (Å²) in [6, 6.07) is 11.3. The standard InChI is InChI=1S/C27H36N4O7/c1-25(2,3)31-19(14-18(15-20(31)32)22(34)37-8)21(33)29-30-23(35)27(7,16-17-12-10-9-11-13-17)28-24(36)38-26(4,5)6/h9-15H,16H2,1-8H3,(H,28,36)(H,29,33)(H,30,35)/t27-/m1/s1. The highest BCUT2D eigenvalue weighted by molar-refractivity contribution is 5.98. The van der Waals surface area contributed by atoms with E-state index in [1.165, 1.54) is 17.6 Å². The minimum absolute atomic E-state index is 0.0827. The number of amides is 3. The molecule has 2 rings (SSSR count). The number of rotatable bonds is 6. The molecule has 0 saturated carbocycles. The van der Waals surface area contributed by atoms with Gasteiger partial charge in [0.25, 0.3) is 17.4 Å². The van der Waals surface area contributed by atoms with Crippen LogP contribution in [0.25, 0.3) is 0 Å². The number of nitrogens with one attached hydrogen (secondary N) is 3. The topological polar surface area (TPSA) is 145 Å². The monoisotopic (exact) mass is 528 g/mol. The number of carbonyl (C=O) groups is 4. The van der Waals surface area contributed by atoms with Crippen LogP contribution < -0.4 is 21.7 Å². The van der Waals surface area contributed by atoms with E-state index in [2.05, 4.69) is 20.9 Å². The number of hydrogen-bond donors (Lipinski definition) is 3. The number of pyridine rings is 1. The maximum atomic E-state index is 13.3. The molecule has 0 saturated heterocycles. The summed E-state index contributed by atoms with van der Waals surface area (Å²) < 4.78 is 11.2. The molecule has 0 bridgehead atoms. The maximum Gasteiger partial charge on any atom is 0.408 e. The number of hydrazine groups is 1. The number of benzene rings is 1. The van der Waals surface area contributed by atoms with Crippen LogP contribution in [0.5, 0.6) is 0 Å². The van der Waals surface area contributed by atoms with Crippen LogP contribution in [0.3, 0.4) is 0 Å². The quantitative estimate of drug-likeness (QED) is 0.386. The van der Waals surface area contributed by atoms with Crippen LogP contribution >= 0.6 is 0 Å². The molecule has 11 nitrogen and oxygen atoms in total. The van der Waals surface area contributed by atoms with E-state index in [1.54, 1.807) is 65.8 Å². The number of nitrogens with zero attached hydrogens (tertiary/aromatic N) is 1. The van der Waals surface area contributed by atoms with Crippen LogP contribution in [0, 0.1) is 0 Å². The molecule has 1 aromatic carbocycles. The van der Waals surface area contributed by atoms with E-state index >= 15 is 0 Å². The Balaban J connectivity index is 2.37. The second-order valence-electron chi connectivity index (χ2n) is 11.0. The highest BCUT2D eigenvalue weighted by atomic mass is 16.6. The molecule has 0 aliphatic rings. The van der Waals surface area contributed by atoms with Crippen molar-refractivity contribution in [1.29, 1.82) is 0 Å². The number of carbonyl (C=O) groups excluding carboxylic acids is 4. The largest absolute Gasteiger partial charge is 0.465 e. The SMILES string of the molecule is COC(=O)c1cc(C(=O)NNC(=O)[C@@](C)(Cc2ccccc2)NC(=O)OC(C)(C)C)n(C(C)(C)C)c(=O)c1. The minimum Gasteiger partial charge on any atom is -0.465 e. The average molecular weight is 529 g/mol. The van der Waals surface area contributed by atoms with Gasteiger partial charge in [0.05, 0.1) is 12.7 Å². The van der Waals surface area contributed by atoms with E-state index in [9.17, 15) is 24.0 Å². The molecule has 206 valence electrons. The molecular formula is C27H36N4O7. The molecule has 38 heavy (non-hydrogen) atoms. The van der Waals surface area contributed by atoms with Crippen molar-refractivity contribution in [2.75, 3.05) is 7.11 Å². The Morgan fingerprint density at radius 2 is 1.50 bits per heavy atom. The van der Waals surface area contributed by atoms with Gasteiger partial charge in [-0.2, -0.15) is 0 Å². The Bertz CT molecular complexity index is 1260. The average Bonchev–Trinajstić information content (AvgIpc) is 2.79. The Hall–Kier alpha value is -4.15. The number of hydrogen-bond acceptors (Lipinski definition) is 7. The lowest BCUT2D eigenvalue weighted by atomic mass is 9.92. The van der Waals surface area contributed by atoms with Gasteiger partial charge in [0.15, 0.2) is 0 Å². The minimum atomic E-state index is -1.53. The summed E-state index contributed by atoms with van der Waals surface area (Å²) in [5.41, 5.74) is 1.32. The molecular weight excluding hydrogens is 492 g/mol. The maximum absolute atomic E-state index is 13.3. The third-order valence-corrected chi connectivity index (χ3v) is 5.33. The van der Waals surface area contributed by atoms with Crippen molar-refractivity contribution in [3.05, 3.63) is 69.6 Å². The molecule has 3 amide bonds. The second kappa shape index (κ2) is 11.5. The van der Waals surface area contributed by atoms with E-state index in [0.717, 1.165) is 18.7 Å². The van der Waals surface area contributed by atoms with Gasteiger partial charge in [-0.3, -0.25) is 29.8 Å². The first-order valence-electron chi connectivity index (χ1n) is 12.0. The van der Waals surface area contributed by atoms with Gasteiger partial charge in [0.2, 0.25) is 0 Å². The molecule has 0 aliphatic carbocycles. The van der Waals surface area contributed by atoms with Gasteiger partial charge in [0, 0.05) is 18.0 Å². The molecule has 0 radical (unpaired) electrons. The normalized spacial score (nSPS) is 13.1. The van der Waals surface area contributed by atoms with Gasteiger partial charge in [0.1, 0.15) is 16.8 Å². The predicted octanol–water partition coefficient (Wildman–Crippen LogP) is 2.68. The molecule has 1 heterocycles. The summed E-state index contributed by atoms with van der Waals surface area (Å²) in [4.78, 5) is 63.9. The number of ether oxygens (including phenoxy) is 2. The molecule has 1 aromatic heterocycles. The lowest BCUT2D eigenvalue weighted by molar-refractivity contribution is -0.127. The first kappa shape index (κ1) is 30.1. The highest BCUT2D eigenvalue weighted by Crippen LogP contribution is 2.18. The molecule has 0 spiro atoms. The zero-order valence-corrected chi connectivity index (χ0v) is 23.1. The van der Waals surface area contributed by atoms with E-state index in [4.69, 9.17) is 4.74 Å². The molecule has 0 fully saturated rings. The molecule has 0 aliphatic heterocycles. The molecule has 0 unspecified atom stereocenters. The first-order chi connectivity index (χ1) is 17.5. The zero-order chi connectivity index (χ0) is 28.9. The van der Waals surface area contributed by atoms with Crippen LogP contribution in [0.15, 0.2) is 47.3 Å². The Labute approximate surface area is 221 Å². The smallest absolute Gasteiger partial charge is 0.408 e. The predicted molar refractivity (Wildman–Crippen MR) is 141 cm³/mol. The van der Waals surface area contributed by atoms with Crippen LogP contribution in [0.4, 0.5) is 4.79 Å². The number of aromatic nitrogens is 1. The highest BCUT2D eigenvalue weighted by Gasteiger charge is 2.37.